The molecular weight excluding hydrogens is 176 g/mol. The van der Waals surface area contributed by atoms with Crippen molar-refractivity contribution in [3.63, 3.8) is 0 Å². The van der Waals surface area contributed by atoms with Gasteiger partial charge in [-0.3, -0.25) is 10.1 Å². The van der Waals surface area contributed by atoms with Crippen molar-refractivity contribution < 1.29 is 0 Å². The van der Waals surface area contributed by atoms with Crippen LogP contribution >= 0.6 is 0 Å². The summed E-state index contributed by atoms with van der Waals surface area (Å²) in [5.74, 6) is 0.533. The summed E-state index contributed by atoms with van der Waals surface area (Å²) in [6, 6.07) is 0. The Morgan fingerprint density at radius 3 is 3.21 bits per heavy atom. The van der Waals surface area contributed by atoms with Gasteiger partial charge in [0.05, 0.1) is 12.0 Å². The van der Waals surface area contributed by atoms with Crippen LogP contribution in [-0.4, -0.2) is 15.6 Å². The number of fused-ring (bicyclic) bond motifs is 1. The lowest BCUT2D eigenvalue weighted by Gasteiger charge is -2.12. The molecule has 3 N–H and O–H groups in total. The van der Waals surface area contributed by atoms with Crippen LogP contribution in [0.4, 0.5) is 0 Å². The van der Waals surface area contributed by atoms with Crippen molar-refractivity contribution in [3.8, 4) is 0 Å². The smallest absolute Gasteiger partial charge is 0.0940 e. The molecule has 0 spiro atoms. The monoisotopic (exact) mass is 192 g/mol. The maximum absolute atomic E-state index is 7.50. The summed E-state index contributed by atoms with van der Waals surface area (Å²) in [5, 5.41) is 11.7. The maximum Gasteiger partial charge on any atom is 0.0940 e. The van der Waals surface area contributed by atoms with E-state index in [4.69, 9.17) is 11.1 Å². The van der Waals surface area contributed by atoms with E-state index < -0.39 is 0 Å². The summed E-state index contributed by atoms with van der Waals surface area (Å²) in [6.45, 7) is 0. The van der Waals surface area contributed by atoms with Crippen molar-refractivity contribution in [3.05, 3.63) is 17.5 Å². The van der Waals surface area contributed by atoms with Crippen LogP contribution in [0.15, 0.2) is 6.20 Å². The van der Waals surface area contributed by atoms with Crippen molar-refractivity contribution in [2.24, 2.45) is 18.7 Å². The van der Waals surface area contributed by atoms with Crippen LogP contribution in [0.2, 0.25) is 0 Å². The molecule has 1 aliphatic carbocycles. The number of nitrogens with two attached hydrogens (primary N) is 1. The van der Waals surface area contributed by atoms with E-state index in [1.54, 1.807) is 0 Å². The van der Waals surface area contributed by atoms with E-state index in [-0.39, 0.29) is 5.92 Å². The van der Waals surface area contributed by atoms with Crippen LogP contribution in [0.25, 0.3) is 0 Å². The number of hydrogen-bond donors (Lipinski definition) is 2. The molecular formula is C10H16N4. The Balaban J connectivity index is 2.29. The van der Waals surface area contributed by atoms with Crippen molar-refractivity contribution >= 4 is 5.84 Å². The highest BCUT2D eigenvalue weighted by molar-refractivity contribution is 5.79. The number of nitrogens with zero attached hydrogens (tertiary/aromatic N) is 2. The Morgan fingerprint density at radius 1 is 1.71 bits per heavy atom. The van der Waals surface area contributed by atoms with Gasteiger partial charge in [-0.25, -0.2) is 0 Å². The zero-order valence-corrected chi connectivity index (χ0v) is 8.45. The van der Waals surface area contributed by atoms with Gasteiger partial charge in [0.2, 0.25) is 0 Å². The van der Waals surface area contributed by atoms with Crippen LogP contribution in [0.5, 0.6) is 0 Å². The first kappa shape index (κ1) is 9.24. The zero-order chi connectivity index (χ0) is 10.1. The second-order valence-electron chi connectivity index (χ2n) is 3.99. The van der Waals surface area contributed by atoms with E-state index in [1.165, 1.54) is 11.3 Å². The molecule has 1 aromatic rings. The van der Waals surface area contributed by atoms with Gasteiger partial charge in [-0.05, 0) is 31.2 Å². The minimum Gasteiger partial charge on any atom is -0.387 e. The van der Waals surface area contributed by atoms with E-state index in [2.05, 4.69) is 5.10 Å². The minimum atomic E-state index is 0.214. The predicted octanol–water partition coefficient (Wildman–Crippen LogP) is 0.851. The molecule has 1 atom stereocenters. The fourth-order valence-corrected chi connectivity index (χ4v) is 2.12. The highest BCUT2D eigenvalue weighted by atomic mass is 15.3. The molecule has 0 aromatic carbocycles. The van der Waals surface area contributed by atoms with Crippen molar-refractivity contribution in [1.29, 1.82) is 5.41 Å². The van der Waals surface area contributed by atoms with E-state index in [0.29, 0.717) is 5.84 Å². The summed E-state index contributed by atoms with van der Waals surface area (Å²) in [4.78, 5) is 0. The predicted molar refractivity (Wildman–Crippen MR) is 55.3 cm³/mol. The fraction of sp³-hybridized carbons (Fsp3) is 0.600. The topological polar surface area (TPSA) is 67.7 Å². The van der Waals surface area contributed by atoms with Gasteiger partial charge in [0, 0.05) is 18.7 Å². The largest absolute Gasteiger partial charge is 0.387 e. The molecule has 4 heteroatoms. The Labute approximate surface area is 83.6 Å². The van der Waals surface area contributed by atoms with E-state index in [1.807, 2.05) is 17.9 Å². The van der Waals surface area contributed by atoms with Gasteiger partial charge < -0.3 is 5.73 Å². The number of aryl methyl sites for hydroxylation is 2. The molecule has 0 saturated heterocycles. The van der Waals surface area contributed by atoms with Gasteiger partial charge in [0.25, 0.3) is 0 Å². The normalized spacial score (nSPS) is 21.4. The van der Waals surface area contributed by atoms with Crippen LogP contribution < -0.4 is 5.73 Å². The minimum absolute atomic E-state index is 0.214. The Bertz CT molecular complexity index is 353. The molecule has 0 fully saturated rings. The average Bonchev–Trinajstić information content (AvgIpc) is 2.40. The third-order valence-corrected chi connectivity index (χ3v) is 3.03. The lowest BCUT2D eigenvalue weighted by atomic mass is 9.99. The average molecular weight is 192 g/mol. The number of rotatable bonds is 1. The first-order chi connectivity index (χ1) is 6.68. The molecule has 0 unspecified atom stereocenters. The van der Waals surface area contributed by atoms with Gasteiger partial charge in [-0.1, -0.05) is 0 Å². The number of aromatic nitrogens is 2. The summed E-state index contributed by atoms with van der Waals surface area (Å²) in [7, 11) is 1.96. The third kappa shape index (κ3) is 1.52. The molecule has 14 heavy (non-hydrogen) atoms. The fourth-order valence-electron chi connectivity index (χ4n) is 2.12. The molecule has 0 saturated carbocycles. The van der Waals surface area contributed by atoms with E-state index in [0.717, 1.165) is 25.7 Å². The highest BCUT2D eigenvalue weighted by Gasteiger charge is 2.21. The molecule has 1 aromatic heterocycles. The van der Waals surface area contributed by atoms with Gasteiger partial charge in [-0.2, -0.15) is 5.10 Å². The number of hydrogen-bond acceptors (Lipinski definition) is 2. The summed E-state index contributed by atoms with van der Waals surface area (Å²) < 4.78 is 1.91. The van der Waals surface area contributed by atoms with Crippen molar-refractivity contribution in [2.75, 3.05) is 0 Å². The van der Waals surface area contributed by atoms with Crippen LogP contribution in [0, 0.1) is 11.3 Å². The van der Waals surface area contributed by atoms with Crippen molar-refractivity contribution in [2.45, 2.75) is 25.7 Å². The summed E-state index contributed by atoms with van der Waals surface area (Å²) in [6.07, 6.45) is 6.04. The molecule has 0 aliphatic heterocycles. The SMILES string of the molecule is Cn1ncc2c1C[C@H](C(=N)N)CCC2. The molecule has 0 amide bonds. The number of nitrogens with one attached hydrogen (secondary N) is 1. The van der Waals surface area contributed by atoms with Gasteiger partial charge in [-0.15, -0.1) is 0 Å². The maximum atomic E-state index is 7.50. The van der Waals surface area contributed by atoms with E-state index in [9.17, 15) is 0 Å². The van der Waals surface area contributed by atoms with Gasteiger partial charge in [0.15, 0.2) is 0 Å². The quantitative estimate of drug-likeness (QED) is 0.393. The van der Waals surface area contributed by atoms with Crippen LogP contribution in [0.1, 0.15) is 24.1 Å². The summed E-state index contributed by atoms with van der Waals surface area (Å²) >= 11 is 0. The van der Waals surface area contributed by atoms with Crippen LogP contribution in [-0.2, 0) is 19.9 Å². The molecule has 2 rings (SSSR count). The number of amidine groups is 1. The molecule has 0 bridgehead atoms. The molecule has 1 heterocycles. The molecule has 1 aliphatic rings. The molecule has 0 radical (unpaired) electrons. The first-order valence-electron chi connectivity index (χ1n) is 5.02. The summed E-state index contributed by atoms with van der Waals surface area (Å²) in [5.41, 5.74) is 8.15. The Kier molecular flexibility index (Phi) is 2.27. The molecule has 76 valence electrons. The van der Waals surface area contributed by atoms with Crippen LogP contribution in [0.3, 0.4) is 0 Å². The lowest BCUT2D eigenvalue weighted by Crippen LogP contribution is -2.24. The van der Waals surface area contributed by atoms with Gasteiger partial charge >= 0.3 is 0 Å². The Morgan fingerprint density at radius 2 is 2.50 bits per heavy atom. The first-order valence-corrected chi connectivity index (χ1v) is 5.02. The second-order valence-corrected chi connectivity index (χ2v) is 3.99. The zero-order valence-electron chi connectivity index (χ0n) is 8.45. The molecule has 4 nitrogen and oxygen atoms in total. The van der Waals surface area contributed by atoms with Crippen molar-refractivity contribution in [1.82, 2.24) is 9.78 Å². The highest BCUT2D eigenvalue weighted by Crippen LogP contribution is 2.23. The Hall–Kier alpha value is -1.32. The standard InChI is InChI=1S/C10H16N4/c1-14-9-5-7(10(11)12)3-2-4-8(9)6-13-14/h6-7H,2-5H2,1H3,(H3,11,12)/t7-/m1/s1. The van der Waals surface area contributed by atoms with E-state index >= 15 is 0 Å². The third-order valence-electron chi connectivity index (χ3n) is 3.03. The second kappa shape index (κ2) is 3.44. The van der Waals surface area contributed by atoms with Gasteiger partial charge in [0.1, 0.15) is 0 Å². The lowest BCUT2D eigenvalue weighted by molar-refractivity contribution is 0.579.